The molecule has 0 radical (unpaired) electrons. The van der Waals surface area contributed by atoms with E-state index >= 15 is 0 Å². The molecule has 2 aromatic heterocycles. The average Bonchev–Trinajstić information content (AvgIpc) is 3.38. The molecule has 0 amide bonds. The largest absolute Gasteiger partial charge is 0.329 e. The fraction of sp³-hybridized carbons (Fsp3) is 0.250. The zero-order valence-corrected chi connectivity index (χ0v) is 18.4. The Morgan fingerprint density at radius 3 is 2.76 bits per heavy atom. The van der Waals surface area contributed by atoms with Crippen LogP contribution in [0, 0.1) is 10.1 Å². The van der Waals surface area contributed by atoms with Gasteiger partial charge in [0, 0.05) is 43.3 Å². The normalized spacial score (nSPS) is 17.4. The van der Waals surface area contributed by atoms with Crippen LogP contribution in [0.25, 0.3) is 11.0 Å². The second-order valence-corrected chi connectivity index (χ2v) is 8.61. The Balaban J connectivity index is 1.51. The number of nitro groups is 1. The number of nitrogens with one attached hydrogen (secondary N) is 1. The zero-order chi connectivity index (χ0) is 23.4. The maximum absolute atomic E-state index is 13.1. The van der Waals surface area contributed by atoms with Gasteiger partial charge in [0.1, 0.15) is 11.9 Å². The molecule has 4 aromatic rings. The molecule has 170 valence electrons. The zero-order valence-electron chi connectivity index (χ0n) is 18.4. The molecule has 2 aromatic carbocycles. The number of non-ortho nitro benzene ring substituents is 1. The number of hydrogen-bond donors (Lipinski definition) is 1. The van der Waals surface area contributed by atoms with Crippen LogP contribution < -0.4 is 5.32 Å². The maximum Gasteiger partial charge on any atom is 0.271 e. The van der Waals surface area contributed by atoms with Crippen molar-refractivity contribution in [1.82, 2.24) is 24.3 Å². The van der Waals surface area contributed by atoms with E-state index in [1.807, 2.05) is 41.9 Å². The Bertz CT molecular complexity index is 1500. The van der Waals surface area contributed by atoms with Crippen molar-refractivity contribution in [1.29, 1.82) is 0 Å². The molecule has 3 heterocycles. The van der Waals surface area contributed by atoms with Crippen LogP contribution >= 0.6 is 0 Å². The van der Waals surface area contributed by atoms with E-state index in [4.69, 9.17) is 15.1 Å². The highest BCUT2D eigenvalue weighted by molar-refractivity contribution is 5.99. The SMILES string of the molecule is Cn1c([C@@H]2C3=C(CCCC3=O)Nc3nc(Cc4ccccc4)nn32)nc2cc([N+](=O)[O-])ccc21. The molecule has 1 atom stereocenters. The van der Waals surface area contributed by atoms with Gasteiger partial charge in [0.05, 0.1) is 16.0 Å². The first-order chi connectivity index (χ1) is 16.5. The highest BCUT2D eigenvalue weighted by Gasteiger charge is 2.39. The number of Topliss-reactive ketones (excluding diaryl/α,β-unsaturated/α-hetero) is 1. The molecule has 1 aliphatic carbocycles. The number of aryl methyl sites for hydroxylation is 1. The van der Waals surface area contributed by atoms with Crippen LogP contribution in [0.4, 0.5) is 11.6 Å². The Hall–Kier alpha value is -4.34. The van der Waals surface area contributed by atoms with Gasteiger partial charge in [-0.2, -0.15) is 10.1 Å². The van der Waals surface area contributed by atoms with Gasteiger partial charge in [-0.15, -0.1) is 0 Å². The minimum Gasteiger partial charge on any atom is -0.329 e. The summed E-state index contributed by atoms with van der Waals surface area (Å²) in [5, 5.41) is 19.4. The Morgan fingerprint density at radius 2 is 1.97 bits per heavy atom. The average molecular weight is 455 g/mol. The predicted molar refractivity (Wildman–Crippen MR) is 124 cm³/mol. The van der Waals surface area contributed by atoms with Crippen molar-refractivity contribution in [3.05, 3.63) is 87.1 Å². The fourth-order valence-corrected chi connectivity index (χ4v) is 4.86. The van der Waals surface area contributed by atoms with E-state index in [0.29, 0.717) is 41.5 Å². The first-order valence-corrected chi connectivity index (χ1v) is 11.1. The van der Waals surface area contributed by atoms with Gasteiger partial charge in [0.2, 0.25) is 5.95 Å². The van der Waals surface area contributed by atoms with Gasteiger partial charge in [0.15, 0.2) is 11.6 Å². The predicted octanol–water partition coefficient (Wildman–Crippen LogP) is 3.69. The lowest BCUT2D eigenvalue weighted by Gasteiger charge is -2.31. The summed E-state index contributed by atoms with van der Waals surface area (Å²) in [6.07, 6.45) is 2.54. The summed E-state index contributed by atoms with van der Waals surface area (Å²) >= 11 is 0. The Morgan fingerprint density at radius 1 is 1.15 bits per heavy atom. The molecule has 0 unspecified atom stereocenters. The topological polar surface area (TPSA) is 121 Å². The number of nitro benzene ring substituents is 1. The minimum atomic E-state index is -0.562. The van der Waals surface area contributed by atoms with Crippen molar-refractivity contribution in [2.24, 2.45) is 7.05 Å². The van der Waals surface area contributed by atoms with E-state index < -0.39 is 11.0 Å². The minimum absolute atomic E-state index is 0.0253. The number of allylic oxidation sites excluding steroid dienone is 2. The van der Waals surface area contributed by atoms with Crippen molar-refractivity contribution in [3.63, 3.8) is 0 Å². The number of fused-ring (bicyclic) bond motifs is 2. The monoisotopic (exact) mass is 455 g/mol. The number of aromatic nitrogens is 5. The molecule has 34 heavy (non-hydrogen) atoms. The summed E-state index contributed by atoms with van der Waals surface area (Å²) in [6, 6.07) is 14.0. The second-order valence-electron chi connectivity index (χ2n) is 8.61. The van der Waals surface area contributed by atoms with Crippen molar-refractivity contribution < 1.29 is 9.72 Å². The Labute approximate surface area is 194 Å². The molecule has 0 fully saturated rings. The molecule has 1 N–H and O–H groups in total. The number of rotatable bonds is 4. The molecular weight excluding hydrogens is 434 g/mol. The number of carbonyl (C=O) groups excluding carboxylic acids is 1. The third-order valence-corrected chi connectivity index (χ3v) is 6.47. The van der Waals surface area contributed by atoms with E-state index in [2.05, 4.69) is 5.32 Å². The van der Waals surface area contributed by atoms with E-state index in [1.165, 1.54) is 12.1 Å². The van der Waals surface area contributed by atoms with E-state index in [1.54, 1.807) is 10.7 Å². The van der Waals surface area contributed by atoms with Gasteiger partial charge < -0.3 is 9.88 Å². The molecule has 1 aliphatic heterocycles. The number of anilines is 1. The summed E-state index contributed by atoms with van der Waals surface area (Å²) in [6.45, 7) is 0. The summed E-state index contributed by atoms with van der Waals surface area (Å²) in [4.78, 5) is 33.4. The standard InChI is InChI=1S/C24H21N7O3/c1-29-18-11-10-15(31(33)34)13-17(18)25-23(29)22-21-16(8-5-9-19(21)32)26-24-27-20(28-30(22)24)12-14-6-3-2-4-7-14/h2-4,6-7,10-11,13,22H,5,8-9,12H2,1H3,(H,26,27,28)/t22-/m0/s1. The molecule has 0 saturated heterocycles. The Kier molecular flexibility index (Phi) is 4.54. The fourth-order valence-electron chi connectivity index (χ4n) is 4.86. The van der Waals surface area contributed by atoms with E-state index in [9.17, 15) is 14.9 Å². The lowest BCUT2D eigenvalue weighted by atomic mass is 9.88. The van der Waals surface area contributed by atoms with Crippen LogP contribution in [-0.4, -0.2) is 35.0 Å². The van der Waals surface area contributed by atoms with Gasteiger partial charge >= 0.3 is 0 Å². The molecule has 6 rings (SSSR count). The highest BCUT2D eigenvalue weighted by atomic mass is 16.6. The quantitative estimate of drug-likeness (QED) is 0.368. The van der Waals surface area contributed by atoms with Crippen LogP contribution in [-0.2, 0) is 18.3 Å². The summed E-state index contributed by atoms with van der Waals surface area (Å²) in [7, 11) is 1.85. The summed E-state index contributed by atoms with van der Waals surface area (Å²) in [5.41, 5.74) is 3.80. The summed E-state index contributed by atoms with van der Waals surface area (Å²) in [5.74, 6) is 1.86. The molecule has 2 aliphatic rings. The lowest BCUT2D eigenvalue weighted by molar-refractivity contribution is -0.384. The molecule has 10 heteroatoms. The summed E-state index contributed by atoms with van der Waals surface area (Å²) < 4.78 is 3.61. The van der Waals surface area contributed by atoms with Crippen LogP contribution in [0.15, 0.2) is 59.8 Å². The lowest BCUT2D eigenvalue weighted by Crippen LogP contribution is -2.33. The molecule has 0 spiro atoms. The number of carbonyl (C=O) groups is 1. The van der Waals surface area contributed by atoms with Gasteiger partial charge in [0.25, 0.3) is 5.69 Å². The van der Waals surface area contributed by atoms with E-state index in [0.717, 1.165) is 29.6 Å². The highest BCUT2D eigenvalue weighted by Crippen LogP contribution is 2.40. The maximum atomic E-state index is 13.1. The van der Waals surface area contributed by atoms with E-state index in [-0.39, 0.29) is 11.5 Å². The first-order valence-electron chi connectivity index (χ1n) is 11.1. The third kappa shape index (κ3) is 3.18. The van der Waals surface area contributed by atoms with Crippen LogP contribution in [0.5, 0.6) is 0 Å². The van der Waals surface area contributed by atoms with Crippen LogP contribution in [0.2, 0.25) is 0 Å². The number of hydrogen-bond acceptors (Lipinski definition) is 7. The first kappa shape index (κ1) is 20.3. The smallest absolute Gasteiger partial charge is 0.271 e. The van der Waals surface area contributed by atoms with Gasteiger partial charge in [-0.3, -0.25) is 14.9 Å². The number of imidazole rings is 1. The molecule has 0 saturated carbocycles. The van der Waals surface area contributed by atoms with Crippen molar-refractivity contribution in [2.75, 3.05) is 5.32 Å². The third-order valence-electron chi connectivity index (χ3n) is 6.47. The van der Waals surface area contributed by atoms with Crippen LogP contribution in [0.3, 0.4) is 0 Å². The van der Waals surface area contributed by atoms with Gasteiger partial charge in [-0.1, -0.05) is 30.3 Å². The molecular formula is C24H21N7O3. The number of benzene rings is 2. The van der Waals surface area contributed by atoms with Crippen molar-refractivity contribution in [3.8, 4) is 0 Å². The van der Waals surface area contributed by atoms with Gasteiger partial charge in [-0.05, 0) is 24.5 Å². The van der Waals surface area contributed by atoms with Crippen LogP contribution in [0.1, 0.15) is 42.5 Å². The van der Waals surface area contributed by atoms with Crippen molar-refractivity contribution >= 4 is 28.5 Å². The second kappa shape index (κ2) is 7.62. The number of nitrogens with zero attached hydrogens (tertiary/aromatic N) is 6. The molecule has 10 nitrogen and oxygen atoms in total. The molecule has 0 bridgehead atoms. The van der Waals surface area contributed by atoms with Crippen molar-refractivity contribution in [2.45, 2.75) is 31.7 Å². The van der Waals surface area contributed by atoms with Gasteiger partial charge in [-0.25, -0.2) is 9.67 Å². The number of ketones is 1.